The van der Waals surface area contributed by atoms with Crippen LogP contribution in [-0.4, -0.2) is 25.6 Å². The van der Waals surface area contributed by atoms with Crippen LogP contribution in [0.3, 0.4) is 0 Å². The molecule has 0 radical (unpaired) electrons. The molecule has 0 saturated carbocycles. The second-order valence-electron chi connectivity index (χ2n) is 2.91. The molecule has 0 aliphatic carbocycles. The zero-order valence-electron chi connectivity index (χ0n) is 6.31. The average Bonchev–Trinajstić information content (AvgIpc) is 1.59. The van der Waals surface area contributed by atoms with E-state index in [1.807, 2.05) is 0 Å². The molecule has 0 aromatic rings. The molecule has 0 saturated heterocycles. The summed E-state index contributed by atoms with van der Waals surface area (Å²) in [4.78, 5) is 0. The zero-order valence-corrected chi connectivity index (χ0v) is 6.31. The van der Waals surface area contributed by atoms with Crippen LogP contribution in [0.1, 0.15) is 13.3 Å². The Morgan fingerprint density at radius 3 is 1.88 bits per heavy atom. The van der Waals surface area contributed by atoms with Gasteiger partial charge >= 0.3 is 0 Å². The molecular weight excluding hydrogens is 98.1 g/mol. The summed E-state index contributed by atoms with van der Waals surface area (Å²) < 4.78 is 0.924. The number of allylic oxidation sites excluding steroid dienone is 1. The molecule has 0 aliphatic heterocycles. The lowest BCUT2D eigenvalue weighted by atomic mass is 10.4. The summed E-state index contributed by atoms with van der Waals surface area (Å²) >= 11 is 0. The van der Waals surface area contributed by atoms with Crippen molar-refractivity contribution in [3.8, 4) is 0 Å². The minimum Gasteiger partial charge on any atom is -0.305 e. The van der Waals surface area contributed by atoms with Gasteiger partial charge in [-0.1, -0.05) is 6.92 Å². The van der Waals surface area contributed by atoms with Gasteiger partial charge in [0.05, 0.1) is 27.3 Å². The third kappa shape index (κ3) is 5.70. The highest BCUT2D eigenvalue weighted by Crippen LogP contribution is 1.91. The molecule has 48 valence electrons. The van der Waals surface area contributed by atoms with E-state index in [0.29, 0.717) is 0 Å². The largest absolute Gasteiger partial charge is 0.305 e. The summed E-state index contributed by atoms with van der Waals surface area (Å²) in [5.41, 5.74) is 0. The fourth-order valence-electron chi connectivity index (χ4n) is 0.422. The predicted molar refractivity (Wildman–Crippen MR) is 37.5 cm³/mol. The van der Waals surface area contributed by atoms with Crippen LogP contribution >= 0.6 is 0 Å². The minimum absolute atomic E-state index is 0.924. The van der Waals surface area contributed by atoms with E-state index in [2.05, 4.69) is 40.3 Å². The second-order valence-corrected chi connectivity index (χ2v) is 2.91. The van der Waals surface area contributed by atoms with Crippen molar-refractivity contribution in [1.82, 2.24) is 0 Å². The molecule has 8 heavy (non-hydrogen) atoms. The standard InChI is InChI=1S/C7H16N/c1-5-6-7-8(2,3)4/h6-7H,5H2,1-4H3/q+1. The van der Waals surface area contributed by atoms with E-state index in [1.54, 1.807) is 0 Å². The fraction of sp³-hybridized carbons (Fsp3) is 0.714. The molecule has 0 unspecified atom stereocenters. The van der Waals surface area contributed by atoms with Crippen molar-refractivity contribution >= 4 is 0 Å². The quantitative estimate of drug-likeness (QED) is 0.478. The van der Waals surface area contributed by atoms with Gasteiger partial charge in [-0.05, 0) is 12.5 Å². The molecule has 0 amide bonds. The van der Waals surface area contributed by atoms with E-state index >= 15 is 0 Å². The molecule has 0 spiro atoms. The Labute approximate surface area is 52.2 Å². The maximum absolute atomic E-state index is 2.18. The topological polar surface area (TPSA) is 0 Å². The van der Waals surface area contributed by atoms with Crippen LogP contribution in [-0.2, 0) is 0 Å². The first-order chi connectivity index (χ1) is 3.56. The van der Waals surface area contributed by atoms with Crippen molar-refractivity contribution in [1.29, 1.82) is 0 Å². The van der Waals surface area contributed by atoms with E-state index in [-0.39, 0.29) is 0 Å². The van der Waals surface area contributed by atoms with Crippen molar-refractivity contribution in [2.75, 3.05) is 21.1 Å². The van der Waals surface area contributed by atoms with Crippen molar-refractivity contribution in [2.45, 2.75) is 13.3 Å². The lowest BCUT2D eigenvalue weighted by molar-refractivity contribution is -0.817. The smallest absolute Gasteiger partial charge is 0.0911 e. The predicted octanol–water partition coefficient (Wildman–Crippen LogP) is 1.62. The number of hydrogen-bond acceptors (Lipinski definition) is 0. The van der Waals surface area contributed by atoms with E-state index in [9.17, 15) is 0 Å². The van der Waals surface area contributed by atoms with Gasteiger partial charge in [-0.15, -0.1) is 0 Å². The Kier molecular flexibility index (Phi) is 2.77. The van der Waals surface area contributed by atoms with Crippen LogP contribution in [0.15, 0.2) is 12.3 Å². The highest BCUT2D eigenvalue weighted by atomic mass is 15.3. The van der Waals surface area contributed by atoms with Crippen LogP contribution in [0.25, 0.3) is 0 Å². The molecule has 0 aromatic heterocycles. The number of nitrogens with zero attached hydrogens (tertiary/aromatic N) is 1. The van der Waals surface area contributed by atoms with Gasteiger partial charge in [-0.2, -0.15) is 0 Å². The van der Waals surface area contributed by atoms with Crippen molar-refractivity contribution in [3.05, 3.63) is 12.3 Å². The first-order valence-electron chi connectivity index (χ1n) is 3.05. The van der Waals surface area contributed by atoms with Crippen molar-refractivity contribution in [3.63, 3.8) is 0 Å². The Morgan fingerprint density at radius 1 is 1.25 bits per heavy atom. The highest BCUT2D eigenvalue weighted by Gasteiger charge is 1.96. The summed E-state index contributed by atoms with van der Waals surface area (Å²) in [6.07, 6.45) is 5.50. The molecule has 1 nitrogen and oxygen atoms in total. The van der Waals surface area contributed by atoms with E-state index in [4.69, 9.17) is 0 Å². The lowest BCUT2D eigenvalue weighted by Crippen LogP contribution is -2.26. The maximum atomic E-state index is 2.18. The average molecular weight is 114 g/mol. The summed E-state index contributed by atoms with van der Waals surface area (Å²) in [6, 6.07) is 0. The maximum Gasteiger partial charge on any atom is 0.0911 e. The third-order valence-corrected chi connectivity index (χ3v) is 0.788. The van der Waals surface area contributed by atoms with Crippen molar-refractivity contribution < 1.29 is 4.48 Å². The van der Waals surface area contributed by atoms with E-state index in [1.165, 1.54) is 0 Å². The molecule has 0 atom stereocenters. The van der Waals surface area contributed by atoms with Crippen LogP contribution in [0.5, 0.6) is 0 Å². The Bertz CT molecular complexity index is 76.9. The van der Waals surface area contributed by atoms with Gasteiger partial charge < -0.3 is 4.48 Å². The van der Waals surface area contributed by atoms with Gasteiger partial charge in [0, 0.05) is 0 Å². The summed E-state index contributed by atoms with van der Waals surface area (Å²) in [5, 5.41) is 0. The number of quaternary nitrogens is 1. The molecule has 0 fully saturated rings. The first-order valence-corrected chi connectivity index (χ1v) is 3.05. The Balaban J connectivity index is 3.52. The fourth-order valence-corrected chi connectivity index (χ4v) is 0.422. The number of rotatable bonds is 2. The SMILES string of the molecule is CCC=C[N+](C)(C)C. The minimum atomic E-state index is 0.924. The van der Waals surface area contributed by atoms with Gasteiger partial charge in [0.25, 0.3) is 0 Å². The molecule has 0 rings (SSSR count). The molecule has 0 aliphatic rings. The molecular formula is C7H16N+. The van der Waals surface area contributed by atoms with Gasteiger partial charge in [0.15, 0.2) is 0 Å². The molecule has 0 heterocycles. The Hall–Kier alpha value is -0.300. The van der Waals surface area contributed by atoms with E-state index in [0.717, 1.165) is 10.9 Å². The van der Waals surface area contributed by atoms with E-state index < -0.39 is 0 Å². The Morgan fingerprint density at radius 2 is 1.75 bits per heavy atom. The zero-order chi connectivity index (χ0) is 6.62. The third-order valence-electron chi connectivity index (χ3n) is 0.788. The summed E-state index contributed by atoms with van der Waals surface area (Å²) in [7, 11) is 6.44. The van der Waals surface area contributed by atoms with Gasteiger partial charge in [-0.3, -0.25) is 0 Å². The second kappa shape index (κ2) is 2.88. The number of hydrogen-bond donors (Lipinski definition) is 0. The van der Waals surface area contributed by atoms with Crippen molar-refractivity contribution in [2.24, 2.45) is 0 Å². The van der Waals surface area contributed by atoms with Crippen LogP contribution < -0.4 is 0 Å². The van der Waals surface area contributed by atoms with Crippen LogP contribution in [0.2, 0.25) is 0 Å². The normalized spacial score (nSPS) is 13.0. The molecule has 0 aromatic carbocycles. The van der Waals surface area contributed by atoms with Gasteiger partial charge in [0.2, 0.25) is 0 Å². The molecule has 1 heteroatoms. The van der Waals surface area contributed by atoms with Crippen LogP contribution in [0.4, 0.5) is 0 Å². The summed E-state index contributed by atoms with van der Waals surface area (Å²) in [6.45, 7) is 2.14. The molecule has 0 N–H and O–H groups in total. The first kappa shape index (κ1) is 7.70. The van der Waals surface area contributed by atoms with Gasteiger partial charge in [0.1, 0.15) is 0 Å². The highest BCUT2D eigenvalue weighted by molar-refractivity contribution is 4.69. The summed E-state index contributed by atoms with van der Waals surface area (Å²) in [5.74, 6) is 0. The lowest BCUT2D eigenvalue weighted by Gasteiger charge is -2.16. The molecule has 0 bridgehead atoms. The van der Waals surface area contributed by atoms with Crippen LogP contribution in [0, 0.1) is 0 Å². The monoisotopic (exact) mass is 114 g/mol. The van der Waals surface area contributed by atoms with Gasteiger partial charge in [-0.25, -0.2) is 0 Å².